The molecule has 144 valence electrons. The zero-order chi connectivity index (χ0) is 19.3. The fourth-order valence-electron chi connectivity index (χ4n) is 5.45. The monoisotopic (exact) mass is 375 g/mol. The Labute approximate surface area is 164 Å². The lowest BCUT2D eigenvalue weighted by Crippen LogP contribution is -2.43. The summed E-state index contributed by atoms with van der Waals surface area (Å²) in [5.41, 5.74) is 2.82. The number of carboxylic acid groups (broad SMARTS) is 1. The minimum atomic E-state index is -0.927. The number of hydrogen-bond acceptors (Lipinski definition) is 3. The number of carbonyl (C=O) groups is 1. The number of fused-ring (bicyclic) bond motifs is 3. The van der Waals surface area contributed by atoms with Crippen molar-refractivity contribution in [3.63, 3.8) is 0 Å². The number of nitrogens with one attached hydrogen (secondary N) is 1. The van der Waals surface area contributed by atoms with Crippen LogP contribution in [0.1, 0.15) is 60.4 Å². The molecule has 28 heavy (non-hydrogen) atoms. The summed E-state index contributed by atoms with van der Waals surface area (Å²) in [5.74, 6) is 0.678. The number of carboxylic acids is 1. The molecular weight excluding hydrogens is 350 g/mol. The van der Waals surface area contributed by atoms with E-state index in [1.54, 1.807) is 12.1 Å². The lowest BCUT2D eigenvalue weighted by molar-refractivity contribution is 0.0697. The minimum absolute atomic E-state index is 0.146. The summed E-state index contributed by atoms with van der Waals surface area (Å²) in [6.45, 7) is 3.35. The molecule has 0 unspecified atom stereocenters. The summed E-state index contributed by atoms with van der Waals surface area (Å²) in [7, 11) is 0. The standard InChI is InChI=1S/C23H25N3O2/c1-15(17-8-3-2-4-9-17)26-14-16-7-6-12-23(26,13-16)22-24-19-11-5-10-18(21(27)28)20(19)25-22/h2-5,8-11,15-16H,6-7,12-14H2,1H3,(H,24,25)(H,27,28)/t15-,16+,23+/m0/s1. The maximum Gasteiger partial charge on any atom is 0.337 e. The molecule has 1 aliphatic heterocycles. The number of aromatic carboxylic acids is 1. The van der Waals surface area contributed by atoms with E-state index in [-0.39, 0.29) is 17.1 Å². The molecule has 1 saturated heterocycles. The van der Waals surface area contributed by atoms with Crippen molar-refractivity contribution in [1.82, 2.24) is 14.9 Å². The molecule has 2 bridgehead atoms. The lowest BCUT2D eigenvalue weighted by Gasteiger charge is -2.41. The Balaban J connectivity index is 1.62. The number of aromatic amines is 1. The molecule has 1 aliphatic carbocycles. The first-order valence-electron chi connectivity index (χ1n) is 10.1. The highest BCUT2D eigenvalue weighted by Gasteiger charge is 2.52. The second-order valence-corrected chi connectivity index (χ2v) is 8.33. The van der Waals surface area contributed by atoms with E-state index < -0.39 is 5.97 Å². The Hall–Kier alpha value is -2.66. The third kappa shape index (κ3) is 2.57. The molecule has 3 atom stereocenters. The Morgan fingerprint density at radius 1 is 1.25 bits per heavy atom. The van der Waals surface area contributed by atoms with Gasteiger partial charge in [0, 0.05) is 12.6 Å². The van der Waals surface area contributed by atoms with Crippen LogP contribution in [0.15, 0.2) is 48.5 Å². The van der Waals surface area contributed by atoms with Gasteiger partial charge in [0.15, 0.2) is 0 Å². The van der Waals surface area contributed by atoms with E-state index in [4.69, 9.17) is 4.98 Å². The fraction of sp³-hybridized carbons (Fsp3) is 0.391. The number of hydrogen-bond donors (Lipinski definition) is 2. The number of para-hydroxylation sites is 1. The van der Waals surface area contributed by atoms with E-state index in [1.807, 2.05) is 6.07 Å². The van der Waals surface area contributed by atoms with Crippen molar-refractivity contribution < 1.29 is 9.90 Å². The molecule has 5 rings (SSSR count). The van der Waals surface area contributed by atoms with Gasteiger partial charge in [0.05, 0.1) is 16.6 Å². The SMILES string of the molecule is C[C@@H](c1ccccc1)N1C[C@@H]2CCC[C@]1(c1nc3c(C(=O)O)cccc3[nH]1)C2. The summed E-state index contributed by atoms with van der Waals surface area (Å²) in [5, 5.41) is 9.56. The number of benzene rings is 2. The smallest absolute Gasteiger partial charge is 0.337 e. The van der Waals surface area contributed by atoms with Crippen molar-refractivity contribution in [3.8, 4) is 0 Å². The Kier molecular flexibility index (Phi) is 4.02. The average molecular weight is 375 g/mol. The van der Waals surface area contributed by atoms with Gasteiger partial charge in [0.1, 0.15) is 11.3 Å². The number of likely N-dealkylation sites (tertiary alicyclic amines) is 1. The Bertz CT molecular complexity index is 1030. The lowest BCUT2D eigenvalue weighted by atomic mass is 9.79. The largest absolute Gasteiger partial charge is 0.478 e. The van der Waals surface area contributed by atoms with Crippen molar-refractivity contribution in [2.24, 2.45) is 5.92 Å². The molecule has 2 aromatic carbocycles. The summed E-state index contributed by atoms with van der Waals surface area (Å²) in [6.07, 6.45) is 4.60. The molecule has 1 aromatic heterocycles. The van der Waals surface area contributed by atoms with Crippen LogP contribution < -0.4 is 0 Å². The van der Waals surface area contributed by atoms with Gasteiger partial charge in [-0.3, -0.25) is 4.90 Å². The molecule has 0 amide bonds. The van der Waals surface area contributed by atoms with Gasteiger partial charge in [0.25, 0.3) is 0 Å². The minimum Gasteiger partial charge on any atom is -0.478 e. The van der Waals surface area contributed by atoms with E-state index in [1.165, 1.54) is 18.4 Å². The van der Waals surface area contributed by atoms with Crippen LogP contribution in [0, 0.1) is 5.92 Å². The molecule has 5 nitrogen and oxygen atoms in total. The third-order valence-electron chi connectivity index (χ3n) is 6.77. The maximum absolute atomic E-state index is 11.7. The van der Waals surface area contributed by atoms with Crippen LogP contribution in [0.5, 0.6) is 0 Å². The van der Waals surface area contributed by atoms with Gasteiger partial charge in [-0.25, -0.2) is 9.78 Å². The van der Waals surface area contributed by atoms with Crippen LogP contribution in [0.25, 0.3) is 11.0 Å². The van der Waals surface area contributed by atoms with E-state index in [9.17, 15) is 9.90 Å². The summed E-state index contributed by atoms with van der Waals surface area (Å²) in [6, 6.07) is 16.3. The molecule has 2 aliphatic rings. The summed E-state index contributed by atoms with van der Waals surface area (Å²) < 4.78 is 0. The highest BCUT2D eigenvalue weighted by atomic mass is 16.4. The first-order valence-corrected chi connectivity index (χ1v) is 10.1. The molecule has 2 heterocycles. The topological polar surface area (TPSA) is 69.2 Å². The molecule has 3 aromatic rings. The first kappa shape index (κ1) is 17.4. The molecule has 0 radical (unpaired) electrons. The van der Waals surface area contributed by atoms with Crippen LogP contribution in [-0.2, 0) is 5.54 Å². The zero-order valence-electron chi connectivity index (χ0n) is 16.1. The highest BCUT2D eigenvalue weighted by molar-refractivity contribution is 6.00. The number of rotatable bonds is 4. The molecule has 2 N–H and O–H groups in total. The van der Waals surface area contributed by atoms with E-state index in [0.717, 1.165) is 30.7 Å². The van der Waals surface area contributed by atoms with Crippen LogP contribution in [0.2, 0.25) is 0 Å². The number of aromatic nitrogens is 2. The Morgan fingerprint density at radius 2 is 2.07 bits per heavy atom. The second-order valence-electron chi connectivity index (χ2n) is 8.33. The molecule has 2 fully saturated rings. The molecule has 5 heteroatoms. The van der Waals surface area contributed by atoms with Gasteiger partial charge in [-0.2, -0.15) is 0 Å². The van der Waals surface area contributed by atoms with E-state index >= 15 is 0 Å². The van der Waals surface area contributed by atoms with Gasteiger partial charge in [-0.1, -0.05) is 42.8 Å². The fourth-order valence-corrected chi connectivity index (χ4v) is 5.45. The second kappa shape index (κ2) is 6.45. The third-order valence-corrected chi connectivity index (χ3v) is 6.77. The van der Waals surface area contributed by atoms with Crippen LogP contribution >= 0.6 is 0 Å². The van der Waals surface area contributed by atoms with Crippen LogP contribution in [0.3, 0.4) is 0 Å². The van der Waals surface area contributed by atoms with Crippen LogP contribution in [0.4, 0.5) is 0 Å². The average Bonchev–Trinajstić information content (AvgIpc) is 3.27. The summed E-state index contributed by atoms with van der Waals surface area (Å²) >= 11 is 0. The Morgan fingerprint density at radius 3 is 2.86 bits per heavy atom. The maximum atomic E-state index is 11.7. The van der Waals surface area contributed by atoms with Gasteiger partial charge < -0.3 is 10.1 Å². The van der Waals surface area contributed by atoms with Gasteiger partial charge >= 0.3 is 5.97 Å². The summed E-state index contributed by atoms with van der Waals surface area (Å²) in [4.78, 5) is 22.6. The zero-order valence-corrected chi connectivity index (χ0v) is 16.1. The molecule has 0 spiro atoms. The van der Waals surface area contributed by atoms with E-state index in [0.29, 0.717) is 11.4 Å². The number of nitrogens with zero attached hydrogens (tertiary/aromatic N) is 2. The molecule has 1 saturated carbocycles. The van der Waals surface area contributed by atoms with Crippen molar-refractivity contribution in [3.05, 3.63) is 65.5 Å². The van der Waals surface area contributed by atoms with Gasteiger partial charge in [0.2, 0.25) is 0 Å². The number of imidazole rings is 1. The quantitative estimate of drug-likeness (QED) is 0.692. The first-order chi connectivity index (χ1) is 13.6. The highest BCUT2D eigenvalue weighted by Crippen LogP contribution is 2.53. The van der Waals surface area contributed by atoms with Crippen molar-refractivity contribution >= 4 is 17.0 Å². The van der Waals surface area contributed by atoms with Crippen molar-refractivity contribution in [1.29, 1.82) is 0 Å². The predicted molar refractivity (Wildman–Crippen MR) is 108 cm³/mol. The van der Waals surface area contributed by atoms with Crippen LogP contribution in [-0.4, -0.2) is 32.5 Å². The van der Waals surface area contributed by atoms with E-state index in [2.05, 4.69) is 47.1 Å². The van der Waals surface area contributed by atoms with Gasteiger partial charge in [-0.05, 0) is 49.8 Å². The molecular formula is C23H25N3O2. The predicted octanol–water partition coefficient (Wildman–Crippen LogP) is 4.72. The van der Waals surface area contributed by atoms with Crippen molar-refractivity contribution in [2.75, 3.05) is 6.54 Å². The number of H-pyrrole nitrogens is 1. The van der Waals surface area contributed by atoms with Gasteiger partial charge in [-0.15, -0.1) is 0 Å². The van der Waals surface area contributed by atoms with Crippen molar-refractivity contribution in [2.45, 2.75) is 44.2 Å². The normalized spacial score (nSPS) is 25.8.